The first-order chi connectivity index (χ1) is 7.60. The molecular formula is C11H17NO5. The number of methoxy groups -OCH3 is 1. The highest BCUT2D eigenvalue weighted by Crippen LogP contribution is 2.14. The van der Waals surface area contributed by atoms with Gasteiger partial charge in [0.15, 0.2) is 0 Å². The number of ether oxygens (including phenoxy) is 2. The van der Waals surface area contributed by atoms with Crippen molar-refractivity contribution in [2.45, 2.75) is 33.3 Å². The van der Waals surface area contributed by atoms with E-state index in [0.717, 1.165) is 14.0 Å². The standard InChI is InChI=1S/C11H17NO5/c1-7(9(14)16-6)12(8(2)13)10(15)17-11(3,4)5/h1H2,2-6H3. The average Bonchev–Trinajstić information content (AvgIpc) is 2.12. The summed E-state index contributed by atoms with van der Waals surface area (Å²) in [5, 5.41) is 0. The number of hydrogen-bond donors (Lipinski definition) is 0. The fourth-order valence-corrected chi connectivity index (χ4v) is 0.945. The molecule has 0 rings (SSSR count). The van der Waals surface area contributed by atoms with Gasteiger partial charge in [0.1, 0.15) is 11.3 Å². The number of esters is 1. The third-order valence-corrected chi connectivity index (χ3v) is 1.58. The van der Waals surface area contributed by atoms with Crippen LogP contribution in [0.2, 0.25) is 0 Å². The van der Waals surface area contributed by atoms with Crippen LogP contribution in [-0.2, 0) is 19.1 Å². The molecule has 0 aliphatic rings. The molecule has 0 fully saturated rings. The van der Waals surface area contributed by atoms with Gasteiger partial charge in [0.05, 0.1) is 7.11 Å². The lowest BCUT2D eigenvalue weighted by molar-refractivity contribution is -0.141. The van der Waals surface area contributed by atoms with Gasteiger partial charge in [-0.05, 0) is 20.8 Å². The molecule has 0 aromatic carbocycles. The van der Waals surface area contributed by atoms with Crippen molar-refractivity contribution in [3.63, 3.8) is 0 Å². The maximum Gasteiger partial charge on any atom is 0.421 e. The van der Waals surface area contributed by atoms with Crippen LogP contribution in [0.5, 0.6) is 0 Å². The van der Waals surface area contributed by atoms with Crippen molar-refractivity contribution in [3.8, 4) is 0 Å². The molecule has 0 spiro atoms. The van der Waals surface area contributed by atoms with Crippen LogP contribution in [0, 0.1) is 0 Å². The Morgan fingerprint density at radius 2 is 1.65 bits per heavy atom. The summed E-state index contributed by atoms with van der Waals surface area (Å²) in [6.07, 6.45) is -0.958. The van der Waals surface area contributed by atoms with Crippen molar-refractivity contribution in [1.29, 1.82) is 0 Å². The molecule has 0 bridgehead atoms. The Kier molecular flexibility index (Phi) is 4.87. The third kappa shape index (κ3) is 4.67. The van der Waals surface area contributed by atoms with E-state index >= 15 is 0 Å². The molecule has 0 N–H and O–H groups in total. The SMILES string of the molecule is C=C(C(=O)OC)N(C(C)=O)C(=O)OC(C)(C)C. The molecule has 6 heteroatoms. The summed E-state index contributed by atoms with van der Waals surface area (Å²) in [6.45, 7) is 9.38. The Morgan fingerprint density at radius 1 is 1.18 bits per heavy atom. The molecule has 0 saturated heterocycles. The minimum Gasteiger partial charge on any atom is -0.464 e. The van der Waals surface area contributed by atoms with Crippen molar-refractivity contribution < 1.29 is 23.9 Å². The molecule has 17 heavy (non-hydrogen) atoms. The first-order valence-corrected chi connectivity index (χ1v) is 4.91. The summed E-state index contributed by atoms with van der Waals surface area (Å²) in [7, 11) is 1.13. The van der Waals surface area contributed by atoms with Crippen LogP contribution in [0.3, 0.4) is 0 Å². The summed E-state index contributed by atoms with van der Waals surface area (Å²) < 4.78 is 9.36. The van der Waals surface area contributed by atoms with Gasteiger partial charge in [0.25, 0.3) is 0 Å². The number of hydrogen-bond acceptors (Lipinski definition) is 5. The van der Waals surface area contributed by atoms with Crippen molar-refractivity contribution in [1.82, 2.24) is 4.90 Å². The van der Waals surface area contributed by atoms with E-state index in [1.165, 1.54) is 0 Å². The fourth-order valence-electron chi connectivity index (χ4n) is 0.945. The lowest BCUT2D eigenvalue weighted by Gasteiger charge is -2.25. The minimum absolute atomic E-state index is 0.380. The summed E-state index contributed by atoms with van der Waals surface area (Å²) in [4.78, 5) is 34.7. The second-order valence-electron chi connectivity index (χ2n) is 4.27. The minimum atomic E-state index is -0.958. The van der Waals surface area contributed by atoms with E-state index in [1.54, 1.807) is 20.8 Å². The van der Waals surface area contributed by atoms with Crippen LogP contribution in [0.15, 0.2) is 12.3 Å². The molecule has 0 aliphatic carbocycles. The second kappa shape index (κ2) is 5.47. The number of carbonyl (C=O) groups is 3. The molecular weight excluding hydrogens is 226 g/mol. The summed E-state index contributed by atoms with van der Waals surface area (Å²) in [5.41, 5.74) is -1.16. The Labute approximate surface area is 100 Å². The molecule has 0 heterocycles. The predicted octanol–water partition coefficient (Wildman–Crippen LogP) is 1.46. The van der Waals surface area contributed by atoms with Crippen LogP contribution in [0.25, 0.3) is 0 Å². The molecule has 6 nitrogen and oxygen atoms in total. The van der Waals surface area contributed by atoms with Gasteiger partial charge in [0.2, 0.25) is 5.91 Å². The average molecular weight is 243 g/mol. The number of amides is 2. The van der Waals surface area contributed by atoms with Gasteiger partial charge in [-0.1, -0.05) is 6.58 Å². The largest absolute Gasteiger partial charge is 0.464 e. The Morgan fingerprint density at radius 3 is 1.94 bits per heavy atom. The van der Waals surface area contributed by atoms with Crippen LogP contribution in [0.4, 0.5) is 4.79 Å². The zero-order valence-electron chi connectivity index (χ0n) is 10.7. The third-order valence-electron chi connectivity index (χ3n) is 1.58. The number of imide groups is 1. The lowest BCUT2D eigenvalue weighted by atomic mass is 10.2. The molecule has 0 unspecified atom stereocenters. The molecule has 0 aromatic heterocycles. The molecule has 0 radical (unpaired) electrons. The smallest absolute Gasteiger partial charge is 0.421 e. The topological polar surface area (TPSA) is 72.9 Å². The summed E-state index contributed by atoms with van der Waals surface area (Å²) in [5.74, 6) is -1.54. The summed E-state index contributed by atoms with van der Waals surface area (Å²) in [6, 6.07) is 0. The Bertz CT molecular complexity index is 353. The maximum absolute atomic E-state index is 11.7. The molecule has 0 atom stereocenters. The Hall–Kier alpha value is -1.85. The molecule has 0 saturated carbocycles. The maximum atomic E-state index is 11.7. The second-order valence-corrected chi connectivity index (χ2v) is 4.27. The number of rotatable bonds is 2. The first-order valence-electron chi connectivity index (χ1n) is 4.91. The van der Waals surface area contributed by atoms with Crippen molar-refractivity contribution in [3.05, 3.63) is 12.3 Å². The Balaban J connectivity index is 5.00. The predicted molar refractivity (Wildman–Crippen MR) is 59.9 cm³/mol. The van der Waals surface area contributed by atoms with Crippen LogP contribution in [0.1, 0.15) is 27.7 Å². The van der Waals surface area contributed by atoms with Crippen LogP contribution < -0.4 is 0 Å². The van der Waals surface area contributed by atoms with Crippen LogP contribution >= 0.6 is 0 Å². The number of nitrogens with zero attached hydrogens (tertiary/aromatic N) is 1. The highest BCUT2D eigenvalue weighted by atomic mass is 16.6. The molecule has 2 amide bonds. The van der Waals surface area contributed by atoms with E-state index in [9.17, 15) is 14.4 Å². The zero-order chi connectivity index (χ0) is 13.8. The van der Waals surface area contributed by atoms with Crippen molar-refractivity contribution in [2.24, 2.45) is 0 Å². The van der Waals surface area contributed by atoms with Crippen LogP contribution in [-0.4, -0.2) is 35.6 Å². The highest BCUT2D eigenvalue weighted by molar-refractivity contribution is 6.01. The fraction of sp³-hybridized carbons (Fsp3) is 0.545. The molecule has 0 aliphatic heterocycles. The van der Waals surface area contributed by atoms with E-state index in [-0.39, 0.29) is 5.70 Å². The van der Waals surface area contributed by atoms with E-state index < -0.39 is 23.6 Å². The number of carbonyl (C=O) groups excluding carboxylic acids is 3. The van der Waals surface area contributed by atoms with E-state index in [4.69, 9.17) is 4.74 Å². The van der Waals surface area contributed by atoms with E-state index in [2.05, 4.69) is 11.3 Å². The quantitative estimate of drug-likeness (QED) is 0.542. The zero-order valence-corrected chi connectivity index (χ0v) is 10.7. The van der Waals surface area contributed by atoms with E-state index in [1.807, 2.05) is 0 Å². The van der Waals surface area contributed by atoms with Gasteiger partial charge in [-0.2, -0.15) is 0 Å². The monoisotopic (exact) mass is 243 g/mol. The van der Waals surface area contributed by atoms with Gasteiger partial charge < -0.3 is 9.47 Å². The molecule has 0 aromatic rings. The van der Waals surface area contributed by atoms with Gasteiger partial charge in [-0.25, -0.2) is 14.5 Å². The summed E-state index contributed by atoms with van der Waals surface area (Å²) >= 11 is 0. The van der Waals surface area contributed by atoms with Gasteiger partial charge in [-0.3, -0.25) is 4.79 Å². The van der Waals surface area contributed by atoms with Gasteiger partial charge >= 0.3 is 12.1 Å². The van der Waals surface area contributed by atoms with Gasteiger partial charge in [0, 0.05) is 6.92 Å². The van der Waals surface area contributed by atoms with Gasteiger partial charge in [-0.15, -0.1) is 0 Å². The molecule has 96 valence electrons. The normalized spacial score (nSPS) is 10.4. The lowest BCUT2D eigenvalue weighted by Crippen LogP contribution is -2.41. The van der Waals surface area contributed by atoms with Crippen molar-refractivity contribution >= 4 is 18.0 Å². The first kappa shape index (κ1) is 15.2. The van der Waals surface area contributed by atoms with E-state index in [0.29, 0.717) is 4.90 Å². The van der Waals surface area contributed by atoms with Crippen molar-refractivity contribution in [2.75, 3.05) is 7.11 Å². The highest BCUT2D eigenvalue weighted by Gasteiger charge is 2.30.